The van der Waals surface area contributed by atoms with Crippen LogP contribution in [0.1, 0.15) is 19.3 Å². The summed E-state index contributed by atoms with van der Waals surface area (Å²) in [5.74, 6) is 1.29. The van der Waals surface area contributed by atoms with Gasteiger partial charge in [0, 0.05) is 20.2 Å². The largest absolute Gasteiger partial charge is 0.392 e. The number of hydrogen-bond donors (Lipinski definition) is 1. The summed E-state index contributed by atoms with van der Waals surface area (Å²) in [6, 6.07) is 0. The molecule has 1 saturated heterocycles. The van der Waals surface area contributed by atoms with E-state index in [-0.39, 0.29) is 6.10 Å². The minimum Gasteiger partial charge on any atom is -0.392 e. The highest BCUT2D eigenvalue weighted by Crippen LogP contribution is 2.33. The highest BCUT2D eigenvalue weighted by molar-refractivity contribution is 4.85. The molecule has 0 bridgehead atoms. The molecule has 2 atom stereocenters. The molecule has 0 aromatic heterocycles. The Labute approximate surface area is 86.0 Å². The van der Waals surface area contributed by atoms with Crippen molar-refractivity contribution in [1.29, 1.82) is 0 Å². The van der Waals surface area contributed by atoms with E-state index in [9.17, 15) is 5.11 Å². The van der Waals surface area contributed by atoms with Crippen molar-refractivity contribution >= 4 is 0 Å². The van der Waals surface area contributed by atoms with Crippen LogP contribution in [0.2, 0.25) is 0 Å². The van der Waals surface area contributed by atoms with Gasteiger partial charge < -0.3 is 14.7 Å². The second-order valence-electron chi connectivity index (χ2n) is 4.77. The molecule has 14 heavy (non-hydrogen) atoms. The Morgan fingerprint density at radius 1 is 1.43 bits per heavy atom. The Kier molecular flexibility index (Phi) is 3.42. The summed E-state index contributed by atoms with van der Waals surface area (Å²) in [6.45, 7) is 4.00. The van der Waals surface area contributed by atoms with Crippen LogP contribution < -0.4 is 0 Å². The third-order valence-corrected chi connectivity index (χ3v) is 3.38. The number of β-amino-alcohol motifs (C(OH)–C–C–N with tert-alkyl or cyclic N) is 1. The van der Waals surface area contributed by atoms with Crippen LogP contribution in [0.15, 0.2) is 0 Å². The van der Waals surface area contributed by atoms with Crippen molar-refractivity contribution in [1.82, 2.24) is 4.90 Å². The molecule has 1 heterocycles. The molecule has 0 radical (unpaired) electrons. The van der Waals surface area contributed by atoms with Gasteiger partial charge in [-0.2, -0.15) is 0 Å². The SMILES string of the molecule is COCC1CCN(CC(O)C2CC2)C1. The van der Waals surface area contributed by atoms with Crippen molar-refractivity contribution in [2.24, 2.45) is 11.8 Å². The van der Waals surface area contributed by atoms with Gasteiger partial charge in [0.1, 0.15) is 0 Å². The molecule has 0 spiro atoms. The van der Waals surface area contributed by atoms with Gasteiger partial charge in [0.25, 0.3) is 0 Å². The fourth-order valence-corrected chi connectivity index (χ4v) is 2.35. The predicted molar refractivity (Wildman–Crippen MR) is 55.2 cm³/mol. The Bertz CT molecular complexity index is 182. The number of rotatable bonds is 5. The van der Waals surface area contributed by atoms with E-state index >= 15 is 0 Å². The topological polar surface area (TPSA) is 32.7 Å². The van der Waals surface area contributed by atoms with Crippen LogP contribution in [0.25, 0.3) is 0 Å². The van der Waals surface area contributed by atoms with Crippen LogP contribution in [0.3, 0.4) is 0 Å². The summed E-state index contributed by atoms with van der Waals surface area (Å²) >= 11 is 0. The van der Waals surface area contributed by atoms with E-state index in [0.717, 1.165) is 26.2 Å². The quantitative estimate of drug-likeness (QED) is 0.708. The zero-order valence-corrected chi connectivity index (χ0v) is 8.98. The molecule has 0 aromatic rings. The van der Waals surface area contributed by atoms with Gasteiger partial charge in [0.15, 0.2) is 0 Å². The second-order valence-corrected chi connectivity index (χ2v) is 4.77. The van der Waals surface area contributed by atoms with Crippen LogP contribution in [0.4, 0.5) is 0 Å². The van der Waals surface area contributed by atoms with Gasteiger partial charge in [-0.15, -0.1) is 0 Å². The Morgan fingerprint density at radius 3 is 2.86 bits per heavy atom. The highest BCUT2D eigenvalue weighted by Gasteiger charge is 2.32. The van der Waals surface area contributed by atoms with Crippen LogP contribution >= 0.6 is 0 Å². The van der Waals surface area contributed by atoms with Crippen molar-refractivity contribution in [2.45, 2.75) is 25.4 Å². The molecule has 3 heteroatoms. The van der Waals surface area contributed by atoms with Crippen LogP contribution in [-0.4, -0.2) is 49.5 Å². The van der Waals surface area contributed by atoms with Gasteiger partial charge in [-0.25, -0.2) is 0 Å². The normalized spacial score (nSPS) is 30.9. The molecule has 0 amide bonds. The maximum Gasteiger partial charge on any atom is 0.0695 e. The van der Waals surface area contributed by atoms with E-state index in [1.54, 1.807) is 7.11 Å². The number of ether oxygens (including phenoxy) is 1. The number of likely N-dealkylation sites (tertiary alicyclic amines) is 1. The second kappa shape index (κ2) is 4.60. The first-order chi connectivity index (χ1) is 6.79. The van der Waals surface area contributed by atoms with Crippen molar-refractivity contribution < 1.29 is 9.84 Å². The molecule has 1 saturated carbocycles. The average molecular weight is 199 g/mol. The Balaban J connectivity index is 1.67. The molecule has 1 aliphatic heterocycles. The summed E-state index contributed by atoms with van der Waals surface area (Å²) < 4.78 is 5.15. The number of methoxy groups -OCH3 is 1. The van der Waals surface area contributed by atoms with E-state index in [1.165, 1.54) is 19.3 Å². The van der Waals surface area contributed by atoms with E-state index in [2.05, 4.69) is 4.90 Å². The Hall–Kier alpha value is -0.120. The first kappa shape index (κ1) is 10.4. The lowest BCUT2D eigenvalue weighted by atomic mass is 10.1. The van der Waals surface area contributed by atoms with Gasteiger partial charge in [-0.3, -0.25) is 0 Å². The summed E-state index contributed by atoms with van der Waals surface area (Å²) in [7, 11) is 1.77. The van der Waals surface area contributed by atoms with Gasteiger partial charge >= 0.3 is 0 Å². The molecule has 0 aromatic carbocycles. The molecule has 82 valence electrons. The van der Waals surface area contributed by atoms with Crippen molar-refractivity contribution in [3.63, 3.8) is 0 Å². The maximum atomic E-state index is 9.79. The van der Waals surface area contributed by atoms with E-state index in [1.807, 2.05) is 0 Å². The highest BCUT2D eigenvalue weighted by atomic mass is 16.5. The molecule has 1 aliphatic carbocycles. The fourth-order valence-electron chi connectivity index (χ4n) is 2.35. The lowest BCUT2D eigenvalue weighted by Crippen LogP contribution is -2.32. The molecule has 2 unspecified atom stereocenters. The van der Waals surface area contributed by atoms with Crippen LogP contribution in [0, 0.1) is 11.8 Å². The number of aliphatic hydroxyl groups excluding tert-OH is 1. The lowest BCUT2D eigenvalue weighted by Gasteiger charge is -2.19. The van der Waals surface area contributed by atoms with Crippen molar-refractivity contribution in [2.75, 3.05) is 33.4 Å². The van der Waals surface area contributed by atoms with Gasteiger partial charge in [-0.05, 0) is 37.6 Å². The molecular weight excluding hydrogens is 178 g/mol. The van der Waals surface area contributed by atoms with Crippen molar-refractivity contribution in [3.8, 4) is 0 Å². The molecule has 2 rings (SSSR count). The minimum atomic E-state index is -0.0729. The smallest absolute Gasteiger partial charge is 0.0695 e. The number of nitrogens with zero attached hydrogens (tertiary/aromatic N) is 1. The third-order valence-electron chi connectivity index (χ3n) is 3.38. The monoisotopic (exact) mass is 199 g/mol. The summed E-state index contributed by atoms with van der Waals surface area (Å²) in [5, 5.41) is 9.79. The minimum absolute atomic E-state index is 0.0729. The van der Waals surface area contributed by atoms with Crippen LogP contribution in [0.5, 0.6) is 0 Å². The molecule has 3 nitrogen and oxygen atoms in total. The summed E-state index contributed by atoms with van der Waals surface area (Å²) in [4.78, 5) is 2.38. The zero-order chi connectivity index (χ0) is 9.97. The summed E-state index contributed by atoms with van der Waals surface area (Å²) in [6.07, 6.45) is 3.62. The number of aliphatic hydroxyl groups is 1. The molecule has 2 aliphatic rings. The molecule has 1 N–H and O–H groups in total. The van der Waals surface area contributed by atoms with Gasteiger partial charge in [0.05, 0.1) is 12.7 Å². The zero-order valence-electron chi connectivity index (χ0n) is 8.98. The number of hydrogen-bond acceptors (Lipinski definition) is 3. The standard InChI is InChI=1S/C11H21NO2/c1-14-8-9-4-5-12(6-9)7-11(13)10-2-3-10/h9-11,13H,2-8H2,1H3. The lowest BCUT2D eigenvalue weighted by molar-refractivity contribution is 0.0992. The van der Waals surface area contributed by atoms with Gasteiger partial charge in [0.2, 0.25) is 0 Å². The van der Waals surface area contributed by atoms with E-state index < -0.39 is 0 Å². The maximum absolute atomic E-state index is 9.79. The average Bonchev–Trinajstić information content (AvgIpc) is 2.92. The van der Waals surface area contributed by atoms with E-state index in [4.69, 9.17) is 4.74 Å². The van der Waals surface area contributed by atoms with Gasteiger partial charge in [-0.1, -0.05) is 0 Å². The van der Waals surface area contributed by atoms with Crippen molar-refractivity contribution in [3.05, 3.63) is 0 Å². The predicted octanol–water partition coefficient (Wildman–Crippen LogP) is 0.726. The molecule has 2 fully saturated rings. The first-order valence-electron chi connectivity index (χ1n) is 5.69. The van der Waals surface area contributed by atoms with E-state index in [0.29, 0.717) is 11.8 Å². The third kappa shape index (κ3) is 2.69. The fraction of sp³-hybridized carbons (Fsp3) is 1.00. The first-order valence-corrected chi connectivity index (χ1v) is 5.69. The Morgan fingerprint density at radius 2 is 2.21 bits per heavy atom. The molecular formula is C11H21NO2. The van der Waals surface area contributed by atoms with Crippen LogP contribution in [-0.2, 0) is 4.74 Å². The summed E-state index contributed by atoms with van der Waals surface area (Å²) in [5.41, 5.74) is 0.